The fourth-order valence-electron chi connectivity index (χ4n) is 3.84. The lowest BCUT2D eigenvalue weighted by Gasteiger charge is -2.26. The van der Waals surface area contributed by atoms with Gasteiger partial charge in [-0.1, -0.05) is 6.42 Å². The van der Waals surface area contributed by atoms with Gasteiger partial charge >= 0.3 is 11.8 Å². The summed E-state index contributed by atoms with van der Waals surface area (Å²) >= 11 is 0. The topological polar surface area (TPSA) is 96.2 Å². The fraction of sp³-hybridized carbons (Fsp3) is 0.632. The van der Waals surface area contributed by atoms with E-state index in [4.69, 9.17) is 4.74 Å². The number of amides is 1. The number of piperidine rings is 1. The van der Waals surface area contributed by atoms with Crippen molar-refractivity contribution in [3.05, 3.63) is 33.4 Å². The highest BCUT2D eigenvalue weighted by Crippen LogP contribution is 2.32. The maximum Gasteiger partial charge on any atom is 0.407 e. The molecular formula is C19H27N3O5. The molecule has 2 aliphatic heterocycles. The molecule has 148 valence electrons. The van der Waals surface area contributed by atoms with Gasteiger partial charge < -0.3 is 19.6 Å². The van der Waals surface area contributed by atoms with Gasteiger partial charge in [-0.25, -0.2) is 4.79 Å². The Morgan fingerprint density at radius 1 is 1.11 bits per heavy atom. The fourth-order valence-corrected chi connectivity index (χ4v) is 3.84. The van der Waals surface area contributed by atoms with E-state index in [0.717, 1.165) is 37.2 Å². The lowest BCUT2D eigenvalue weighted by molar-refractivity contribution is -0.385. The van der Waals surface area contributed by atoms with Gasteiger partial charge in [0.15, 0.2) is 5.75 Å². The standard InChI is InChI=1S/C19H27N3O5/c23-19(24)21-10-5-15-13-17(22(25)26)18(14-16(15)6-11-21)27-12-4-9-20-7-2-1-3-8-20/h13-14H,1-12H2,(H,23,24). The van der Waals surface area contributed by atoms with Crippen LogP contribution in [0.15, 0.2) is 12.1 Å². The van der Waals surface area contributed by atoms with Gasteiger partial charge in [0.2, 0.25) is 0 Å². The van der Waals surface area contributed by atoms with E-state index in [-0.39, 0.29) is 5.69 Å². The van der Waals surface area contributed by atoms with E-state index in [1.165, 1.54) is 24.2 Å². The maximum absolute atomic E-state index is 11.5. The Hall–Kier alpha value is -2.35. The monoisotopic (exact) mass is 377 g/mol. The summed E-state index contributed by atoms with van der Waals surface area (Å²) < 4.78 is 5.77. The molecule has 8 nitrogen and oxygen atoms in total. The summed E-state index contributed by atoms with van der Waals surface area (Å²) in [5.74, 6) is 0.293. The maximum atomic E-state index is 11.5. The van der Waals surface area contributed by atoms with Gasteiger partial charge in [0, 0.05) is 25.7 Å². The van der Waals surface area contributed by atoms with E-state index in [0.29, 0.717) is 38.3 Å². The van der Waals surface area contributed by atoms with Crippen LogP contribution >= 0.6 is 0 Å². The Labute approximate surface area is 158 Å². The molecule has 1 fully saturated rings. The first kappa shape index (κ1) is 19.4. The molecule has 0 aromatic heterocycles. The van der Waals surface area contributed by atoms with Crippen LogP contribution in [0.2, 0.25) is 0 Å². The zero-order chi connectivity index (χ0) is 19.2. The molecule has 0 unspecified atom stereocenters. The van der Waals surface area contributed by atoms with Crippen molar-refractivity contribution in [1.82, 2.24) is 9.80 Å². The molecule has 0 radical (unpaired) electrons. The van der Waals surface area contributed by atoms with Gasteiger partial charge in [-0.2, -0.15) is 0 Å². The van der Waals surface area contributed by atoms with Gasteiger partial charge in [0.05, 0.1) is 11.5 Å². The minimum absolute atomic E-state index is 0.0319. The van der Waals surface area contributed by atoms with E-state index in [1.807, 2.05) is 0 Å². The average Bonchev–Trinajstić information content (AvgIpc) is 2.87. The highest BCUT2D eigenvalue weighted by Gasteiger charge is 2.23. The number of carboxylic acid groups (broad SMARTS) is 1. The Kier molecular flexibility index (Phi) is 6.49. The van der Waals surface area contributed by atoms with Gasteiger partial charge in [0.1, 0.15) is 0 Å². The van der Waals surface area contributed by atoms with Crippen LogP contribution in [0.3, 0.4) is 0 Å². The number of fused-ring (bicyclic) bond motifs is 1. The minimum atomic E-state index is -0.952. The number of rotatable bonds is 6. The van der Waals surface area contributed by atoms with Crippen LogP contribution in [0, 0.1) is 10.1 Å². The molecule has 1 saturated heterocycles. The normalized spacial score (nSPS) is 17.9. The number of likely N-dealkylation sites (tertiary alicyclic amines) is 1. The summed E-state index contributed by atoms with van der Waals surface area (Å²) in [5, 5.41) is 20.6. The first-order valence-corrected chi connectivity index (χ1v) is 9.68. The Morgan fingerprint density at radius 3 is 2.41 bits per heavy atom. The van der Waals surface area contributed by atoms with Crippen LogP contribution in [0.5, 0.6) is 5.75 Å². The van der Waals surface area contributed by atoms with Crippen LogP contribution in [0.25, 0.3) is 0 Å². The molecule has 27 heavy (non-hydrogen) atoms. The third-order valence-corrected chi connectivity index (χ3v) is 5.38. The molecule has 0 aliphatic carbocycles. The lowest BCUT2D eigenvalue weighted by atomic mass is 10.0. The summed E-state index contributed by atoms with van der Waals surface area (Å²) in [7, 11) is 0. The van der Waals surface area contributed by atoms with Crippen molar-refractivity contribution in [3.8, 4) is 5.75 Å². The number of nitro benzene ring substituents is 1. The zero-order valence-corrected chi connectivity index (χ0v) is 15.6. The number of hydrogen-bond donors (Lipinski definition) is 1. The van der Waals surface area contributed by atoms with Crippen molar-refractivity contribution < 1.29 is 19.6 Å². The molecule has 0 atom stereocenters. The van der Waals surface area contributed by atoms with Gasteiger partial charge in [-0.15, -0.1) is 0 Å². The Balaban J connectivity index is 1.64. The van der Waals surface area contributed by atoms with Crippen LogP contribution in [-0.4, -0.2) is 65.3 Å². The van der Waals surface area contributed by atoms with E-state index in [9.17, 15) is 20.0 Å². The SMILES string of the molecule is O=C(O)N1CCc2cc(OCCCN3CCCCC3)c([N+](=O)[O-])cc2CC1. The summed E-state index contributed by atoms with van der Waals surface area (Å²) in [6.45, 7) is 4.39. The van der Waals surface area contributed by atoms with Crippen molar-refractivity contribution >= 4 is 11.8 Å². The first-order valence-electron chi connectivity index (χ1n) is 9.68. The first-order chi connectivity index (χ1) is 13.0. The average molecular weight is 377 g/mol. The Morgan fingerprint density at radius 2 is 1.78 bits per heavy atom. The molecule has 3 rings (SSSR count). The second-order valence-electron chi connectivity index (χ2n) is 7.22. The van der Waals surface area contributed by atoms with Crippen molar-refractivity contribution in [3.63, 3.8) is 0 Å². The zero-order valence-electron chi connectivity index (χ0n) is 15.6. The highest BCUT2D eigenvalue weighted by atomic mass is 16.6. The molecule has 1 aromatic carbocycles. The van der Waals surface area contributed by atoms with Crippen molar-refractivity contribution in [2.24, 2.45) is 0 Å². The number of benzene rings is 1. The molecule has 0 spiro atoms. The third kappa shape index (κ3) is 5.09. The number of hydrogen-bond acceptors (Lipinski definition) is 5. The molecule has 1 aromatic rings. The van der Waals surface area contributed by atoms with Crippen LogP contribution in [0.4, 0.5) is 10.5 Å². The molecule has 2 aliphatic rings. The number of nitrogens with zero attached hydrogens (tertiary/aromatic N) is 3. The smallest absolute Gasteiger partial charge is 0.407 e. The van der Waals surface area contributed by atoms with Crippen LogP contribution < -0.4 is 4.74 Å². The second kappa shape index (κ2) is 9.03. The van der Waals surface area contributed by atoms with Gasteiger partial charge in [-0.3, -0.25) is 10.1 Å². The van der Waals surface area contributed by atoms with E-state index < -0.39 is 11.0 Å². The summed E-state index contributed by atoms with van der Waals surface area (Å²) in [6, 6.07) is 3.29. The highest BCUT2D eigenvalue weighted by molar-refractivity contribution is 5.65. The predicted molar refractivity (Wildman–Crippen MR) is 101 cm³/mol. The quantitative estimate of drug-likeness (QED) is 0.465. The second-order valence-corrected chi connectivity index (χ2v) is 7.22. The molecule has 1 N–H and O–H groups in total. The van der Waals surface area contributed by atoms with Crippen molar-refractivity contribution in [1.29, 1.82) is 0 Å². The van der Waals surface area contributed by atoms with E-state index in [2.05, 4.69) is 4.90 Å². The molecule has 1 amide bonds. The number of carbonyl (C=O) groups is 1. The molecule has 8 heteroatoms. The molecular weight excluding hydrogens is 350 g/mol. The minimum Gasteiger partial charge on any atom is -0.487 e. The largest absolute Gasteiger partial charge is 0.487 e. The van der Waals surface area contributed by atoms with E-state index >= 15 is 0 Å². The van der Waals surface area contributed by atoms with E-state index in [1.54, 1.807) is 12.1 Å². The molecule has 0 bridgehead atoms. The van der Waals surface area contributed by atoms with Crippen LogP contribution in [-0.2, 0) is 12.8 Å². The third-order valence-electron chi connectivity index (χ3n) is 5.38. The summed E-state index contributed by atoms with van der Waals surface area (Å²) in [5.41, 5.74) is 1.75. The lowest BCUT2D eigenvalue weighted by Crippen LogP contribution is -2.31. The Bertz CT molecular complexity index is 688. The summed E-state index contributed by atoms with van der Waals surface area (Å²) in [6.07, 6.45) is 4.69. The van der Waals surface area contributed by atoms with Crippen LogP contribution in [0.1, 0.15) is 36.8 Å². The summed E-state index contributed by atoms with van der Waals surface area (Å²) in [4.78, 5) is 26.0. The van der Waals surface area contributed by atoms with Crippen molar-refractivity contribution in [2.75, 3.05) is 39.3 Å². The van der Waals surface area contributed by atoms with Gasteiger partial charge in [-0.05, 0) is 62.4 Å². The van der Waals surface area contributed by atoms with Gasteiger partial charge in [0.25, 0.3) is 0 Å². The molecule has 2 heterocycles. The predicted octanol–water partition coefficient (Wildman–Crippen LogP) is 2.93. The van der Waals surface area contributed by atoms with Crippen molar-refractivity contribution in [2.45, 2.75) is 38.5 Å². The number of ether oxygens (including phenoxy) is 1. The molecule has 0 saturated carbocycles. The number of nitro groups is 1.